The van der Waals surface area contributed by atoms with Crippen LogP contribution in [0.25, 0.3) is 0 Å². The smallest absolute Gasteiger partial charge is 0.237 e. The summed E-state index contributed by atoms with van der Waals surface area (Å²) in [5.41, 5.74) is 0.774. The van der Waals surface area contributed by atoms with Gasteiger partial charge in [0.25, 0.3) is 0 Å². The number of methoxy groups -OCH3 is 1. The fourth-order valence-corrected chi connectivity index (χ4v) is 5.30. The molecule has 3 rings (SSSR count). The number of ether oxygens (including phenoxy) is 1. The Morgan fingerprint density at radius 3 is 2.62 bits per heavy atom. The summed E-state index contributed by atoms with van der Waals surface area (Å²) in [5, 5.41) is 2.40. The maximum atomic E-state index is 12.6. The Hall–Kier alpha value is -1.99. The van der Waals surface area contributed by atoms with E-state index in [0.717, 1.165) is 10.6 Å². The van der Waals surface area contributed by atoms with Crippen LogP contribution in [0.15, 0.2) is 58.3 Å². The lowest BCUT2D eigenvalue weighted by Crippen LogP contribution is -2.30. The predicted molar refractivity (Wildman–Crippen MR) is 94.4 cm³/mol. The van der Waals surface area contributed by atoms with E-state index in [0.29, 0.717) is 5.75 Å². The van der Waals surface area contributed by atoms with E-state index in [1.807, 2.05) is 24.3 Å². The average Bonchev–Trinajstić information content (AvgIpc) is 2.60. The molecule has 0 bridgehead atoms. The molecular weight excluding hydrogens is 346 g/mol. The van der Waals surface area contributed by atoms with Crippen molar-refractivity contribution in [1.29, 1.82) is 0 Å². The Balaban J connectivity index is 1.75. The largest absolute Gasteiger partial charge is 0.495 e. The minimum Gasteiger partial charge on any atom is -0.495 e. The molecule has 5 nitrogen and oxygen atoms in total. The van der Waals surface area contributed by atoms with Crippen molar-refractivity contribution in [1.82, 2.24) is 0 Å². The van der Waals surface area contributed by atoms with E-state index in [4.69, 9.17) is 4.74 Å². The first kappa shape index (κ1) is 16.9. The van der Waals surface area contributed by atoms with Crippen molar-refractivity contribution >= 4 is 33.2 Å². The number of anilines is 1. The fourth-order valence-electron chi connectivity index (χ4n) is 2.53. The Morgan fingerprint density at radius 1 is 1.12 bits per heavy atom. The first-order chi connectivity index (χ1) is 11.5. The Morgan fingerprint density at radius 2 is 1.83 bits per heavy atom. The monoisotopic (exact) mass is 363 g/mol. The van der Waals surface area contributed by atoms with Gasteiger partial charge in [-0.25, -0.2) is 8.42 Å². The van der Waals surface area contributed by atoms with Crippen LogP contribution in [-0.4, -0.2) is 32.4 Å². The van der Waals surface area contributed by atoms with E-state index in [9.17, 15) is 13.2 Å². The highest BCUT2D eigenvalue weighted by Crippen LogP contribution is 2.37. The lowest BCUT2D eigenvalue weighted by atomic mass is 10.2. The van der Waals surface area contributed by atoms with E-state index in [-0.39, 0.29) is 23.0 Å². The SMILES string of the molecule is COc1ccccc1S(=O)(=O)CCC1Sc2ccccc2NC1=O. The molecule has 24 heavy (non-hydrogen) atoms. The van der Waals surface area contributed by atoms with Crippen LogP contribution in [0.2, 0.25) is 0 Å². The Kier molecular flexibility index (Phi) is 4.82. The molecule has 1 amide bonds. The topological polar surface area (TPSA) is 72.5 Å². The highest BCUT2D eigenvalue weighted by molar-refractivity contribution is 8.01. The number of hydrogen-bond acceptors (Lipinski definition) is 5. The van der Waals surface area contributed by atoms with Crippen LogP contribution in [0.5, 0.6) is 5.75 Å². The van der Waals surface area contributed by atoms with Crippen molar-refractivity contribution in [3.05, 3.63) is 48.5 Å². The lowest BCUT2D eigenvalue weighted by molar-refractivity contribution is -0.115. The molecule has 0 saturated heterocycles. The highest BCUT2D eigenvalue weighted by atomic mass is 32.2. The minimum atomic E-state index is -3.52. The minimum absolute atomic E-state index is 0.110. The van der Waals surface area contributed by atoms with Gasteiger partial charge in [0, 0.05) is 4.90 Å². The van der Waals surface area contributed by atoms with Gasteiger partial charge in [-0.15, -0.1) is 11.8 Å². The Bertz CT molecular complexity index is 864. The number of carbonyl (C=O) groups excluding carboxylic acids is 1. The number of sulfone groups is 1. The van der Waals surface area contributed by atoms with Gasteiger partial charge < -0.3 is 10.1 Å². The molecule has 0 fully saturated rings. The van der Waals surface area contributed by atoms with E-state index >= 15 is 0 Å². The molecule has 0 radical (unpaired) electrons. The second kappa shape index (κ2) is 6.86. The number of amides is 1. The third-order valence-electron chi connectivity index (χ3n) is 3.76. The number of fused-ring (bicyclic) bond motifs is 1. The van der Waals surface area contributed by atoms with Crippen LogP contribution < -0.4 is 10.1 Å². The molecule has 1 heterocycles. The molecule has 1 atom stereocenters. The van der Waals surface area contributed by atoms with Gasteiger partial charge in [0.2, 0.25) is 5.91 Å². The molecule has 1 aliphatic heterocycles. The number of thioether (sulfide) groups is 1. The summed E-state index contributed by atoms with van der Waals surface area (Å²) in [6.07, 6.45) is 0.241. The third-order valence-corrected chi connectivity index (χ3v) is 6.88. The number of hydrogen-bond donors (Lipinski definition) is 1. The van der Waals surface area contributed by atoms with Crippen LogP contribution in [0.4, 0.5) is 5.69 Å². The van der Waals surface area contributed by atoms with Crippen molar-refractivity contribution in [3.63, 3.8) is 0 Å². The molecule has 2 aromatic carbocycles. The molecule has 0 spiro atoms. The van der Waals surface area contributed by atoms with E-state index in [1.165, 1.54) is 24.9 Å². The van der Waals surface area contributed by atoms with E-state index < -0.39 is 15.1 Å². The highest BCUT2D eigenvalue weighted by Gasteiger charge is 2.29. The van der Waals surface area contributed by atoms with Crippen LogP contribution in [0.1, 0.15) is 6.42 Å². The number of nitrogens with one attached hydrogen (secondary N) is 1. The van der Waals surface area contributed by atoms with Gasteiger partial charge in [-0.1, -0.05) is 24.3 Å². The second-order valence-corrected chi connectivity index (χ2v) is 8.67. The second-order valence-electron chi connectivity index (χ2n) is 5.35. The van der Waals surface area contributed by atoms with Gasteiger partial charge in [0.15, 0.2) is 9.84 Å². The summed E-state index contributed by atoms with van der Waals surface area (Å²) in [6.45, 7) is 0. The van der Waals surface area contributed by atoms with E-state index in [2.05, 4.69) is 5.32 Å². The van der Waals surface area contributed by atoms with Gasteiger partial charge in [0.05, 0.1) is 23.8 Å². The van der Waals surface area contributed by atoms with Crippen molar-refractivity contribution in [2.24, 2.45) is 0 Å². The van der Waals surface area contributed by atoms with Crippen LogP contribution in [0.3, 0.4) is 0 Å². The molecule has 126 valence electrons. The number of rotatable bonds is 5. The predicted octanol–water partition coefficient (Wildman–Crippen LogP) is 2.97. The Labute approximate surface area is 145 Å². The molecule has 1 unspecified atom stereocenters. The normalized spacial score (nSPS) is 17.0. The lowest BCUT2D eigenvalue weighted by Gasteiger charge is -2.23. The van der Waals surface area contributed by atoms with Crippen molar-refractivity contribution in [2.75, 3.05) is 18.2 Å². The zero-order valence-corrected chi connectivity index (χ0v) is 14.7. The van der Waals surface area contributed by atoms with Gasteiger partial charge in [0.1, 0.15) is 10.6 Å². The van der Waals surface area contributed by atoms with Gasteiger partial charge in [-0.05, 0) is 30.7 Å². The maximum Gasteiger partial charge on any atom is 0.237 e. The van der Waals surface area contributed by atoms with Crippen molar-refractivity contribution in [2.45, 2.75) is 21.5 Å². The van der Waals surface area contributed by atoms with Crippen LogP contribution in [-0.2, 0) is 14.6 Å². The standard InChI is InChI=1S/C17H17NO4S2/c1-22-13-7-3-5-9-16(13)24(20,21)11-10-15-17(19)18-12-6-2-4-8-14(12)23-15/h2-9,15H,10-11H2,1H3,(H,18,19). The van der Waals surface area contributed by atoms with Crippen molar-refractivity contribution < 1.29 is 17.9 Å². The molecule has 1 N–H and O–H groups in total. The molecule has 0 saturated carbocycles. The van der Waals surface area contributed by atoms with E-state index in [1.54, 1.807) is 18.2 Å². The first-order valence-corrected chi connectivity index (χ1v) is 9.97. The van der Waals surface area contributed by atoms with Gasteiger partial charge in [-0.2, -0.15) is 0 Å². The third kappa shape index (κ3) is 3.42. The zero-order chi connectivity index (χ0) is 17.2. The fraction of sp³-hybridized carbons (Fsp3) is 0.235. The average molecular weight is 363 g/mol. The number of para-hydroxylation sites is 2. The summed E-state index contributed by atoms with van der Waals surface area (Å²) >= 11 is 1.40. The first-order valence-electron chi connectivity index (χ1n) is 7.43. The molecule has 7 heteroatoms. The van der Waals surface area contributed by atoms with Gasteiger partial charge >= 0.3 is 0 Å². The molecule has 0 aliphatic carbocycles. The summed E-state index contributed by atoms with van der Waals surface area (Å²) in [6, 6.07) is 14.0. The quantitative estimate of drug-likeness (QED) is 0.884. The van der Waals surface area contributed by atoms with Crippen LogP contribution >= 0.6 is 11.8 Å². The zero-order valence-electron chi connectivity index (χ0n) is 13.1. The number of carbonyl (C=O) groups is 1. The summed E-state index contributed by atoms with van der Waals surface area (Å²) in [7, 11) is -2.08. The number of benzene rings is 2. The summed E-state index contributed by atoms with van der Waals surface area (Å²) in [5.74, 6) is 0.0539. The summed E-state index contributed by atoms with van der Waals surface area (Å²) in [4.78, 5) is 13.3. The van der Waals surface area contributed by atoms with Gasteiger partial charge in [-0.3, -0.25) is 4.79 Å². The van der Waals surface area contributed by atoms with Crippen molar-refractivity contribution in [3.8, 4) is 5.75 Å². The van der Waals surface area contributed by atoms with Crippen LogP contribution in [0, 0.1) is 0 Å². The maximum absolute atomic E-state index is 12.6. The molecule has 0 aromatic heterocycles. The molecule has 2 aromatic rings. The summed E-state index contributed by atoms with van der Waals surface area (Å²) < 4.78 is 30.3. The molecule has 1 aliphatic rings. The molecular formula is C17H17NO4S2.